The molecule has 0 amide bonds. The number of rotatable bonds is 2. The van der Waals surface area contributed by atoms with Gasteiger partial charge in [0.25, 0.3) is 0 Å². The van der Waals surface area contributed by atoms with Crippen LogP contribution in [-0.4, -0.2) is 17.1 Å². The van der Waals surface area contributed by atoms with Crippen molar-refractivity contribution in [3.63, 3.8) is 0 Å². The zero-order valence-electron chi connectivity index (χ0n) is 8.53. The summed E-state index contributed by atoms with van der Waals surface area (Å²) in [4.78, 5) is 6.97. The second kappa shape index (κ2) is 4.63. The van der Waals surface area contributed by atoms with E-state index in [9.17, 15) is 0 Å². The van der Waals surface area contributed by atoms with Crippen LogP contribution in [0.1, 0.15) is 0 Å². The molecule has 2 rings (SSSR count). The molecule has 1 aromatic carbocycles. The maximum atomic E-state index is 5.93. The Morgan fingerprint density at radius 2 is 2.25 bits per heavy atom. The van der Waals surface area contributed by atoms with Gasteiger partial charge in [0.05, 0.1) is 19.1 Å². The van der Waals surface area contributed by atoms with Crippen LogP contribution in [0.3, 0.4) is 0 Å². The van der Waals surface area contributed by atoms with Crippen LogP contribution in [0.25, 0.3) is 11.3 Å². The van der Waals surface area contributed by atoms with Gasteiger partial charge in [-0.3, -0.25) is 0 Å². The summed E-state index contributed by atoms with van der Waals surface area (Å²) in [6.45, 7) is 0. The molecule has 0 aliphatic rings. The Kier molecular flexibility index (Phi) is 3.22. The molecular weight excluding hydrogens is 244 g/mol. The number of nitrogens with zero attached hydrogens (tertiary/aromatic N) is 1. The van der Waals surface area contributed by atoms with Gasteiger partial charge in [0, 0.05) is 10.6 Å². The summed E-state index contributed by atoms with van der Waals surface area (Å²) in [6, 6.07) is 7.45. The molecule has 1 N–H and O–H groups in total. The molecule has 3 nitrogen and oxygen atoms in total. The van der Waals surface area contributed by atoms with Crippen LogP contribution in [0.5, 0.6) is 5.75 Å². The van der Waals surface area contributed by atoms with Crippen LogP contribution in [0.15, 0.2) is 30.6 Å². The normalized spacial score (nSPS) is 10.1. The van der Waals surface area contributed by atoms with Gasteiger partial charge in [0.2, 0.25) is 0 Å². The van der Waals surface area contributed by atoms with E-state index in [1.807, 2.05) is 24.3 Å². The summed E-state index contributed by atoms with van der Waals surface area (Å²) < 4.78 is 5.66. The molecule has 0 bridgehead atoms. The first kappa shape index (κ1) is 11.1. The van der Waals surface area contributed by atoms with Crippen molar-refractivity contribution in [1.29, 1.82) is 0 Å². The van der Waals surface area contributed by atoms with Crippen molar-refractivity contribution in [1.82, 2.24) is 9.97 Å². The van der Waals surface area contributed by atoms with Crippen LogP contribution in [0.4, 0.5) is 0 Å². The molecule has 2 aromatic rings. The molecule has 0 aliphatic heterocycles. The lowest BCUT2D eigenvalue weighted by Crippen LogP contribution is -1.94. The van der Waals surface area contributed by atoms with E-state index < -0.39 is 0 Å². The number of aromatic amines is 1. The summed E-state index contributed by atoms with van der Waals surface area (Å²) in [7, 11) is 1.56. The maximum absolute atomic E-state index is 5.93. The SMILES string of the molecule is COc1c(-c2cccc(Cl)c2)[nH]cnc1=S. The van der Waals surface area contributed by atoms with Crippen LogP contribution in [-0.2, 0) is 0 Å². The number of hydrogen-bond acceptors (Lipinski definition) is 3. The van der Waals surface area contributed by atoms with Gasteiger partial charge in [-0.05, 0) is 12.1 Å². The molecule has 0 radical (unpaired) electrons. The third-order valence-corrected chi connectivity index (χ3v) is 2.66. The number of hydrogen-bond donors (Lipinski definition) is 1. The lowest BCUT2D eigenvalue weighted by Gasteiger charge is -2.07. The largest absolute Gasteiger partial charge is 0.491 e. The number of benzene rings is 1. The van der Waals surface area contributed by atoms with E-state index >= 15 is 0 Å². The highest BCUT2D eigenvalue weighted by Gasteiger charge is 2.08. The van der Waals surface area contributed by atoms with Crippen molar-refractivity contribution in [2.45, 2.75) is 0 Å². The molecule has 0 unspecified atom stereocenters. The van der Waals surface area contributed by atoms with Crippen LogP contribution in [0, 0.1) is 4.64 Å². The minimum Gasteiger partial charge on any atom is -0.491 e. The minimum atomic E-state index is 0.427. The molecule has 5 heteroatoms. The van der Waals surface area contributed by atoms with Crippen LogP contribution < -0.4 is 4.74 Å². The maximum Gasteiger partial charge on any atom is 0.179 e. The highest BCUT2D eigenvalue weighted by molar-refractivity contribution is 7.71. The standard InChI is InChI=1S/C11H9ClN2OS/c1-15-10-9(13-6-14-11(10)16)7-3-2-4-8(12)5-7/h2-6H,1H3,(H,13,14,16). The predicted molar refractivity (Wildman–Crippen MR) is 66.4 cm³/mol. The molecule has 0 atom stereocenters. The van der Waals surface area contributed by atoms with E-state index in [0.29, 0.717) is 15.4 Å². The lowest BCUT2D eigenvalue weighted by atomic mass is 10.1. The van der Waals surface area contributed by atoms with Crippen molar-refractivity contribution in [2.75, 3.05) is 7.11 Å². The quantitative estimate of drug-likeness (QED) is 0.832. The summed E-state index contributed by atoms with van der Waals surface area (Å²) >= 11 is 11.0. The second-order valence-electron chi connectivity index (χ2n) is 3.13. The minimum absolute atomic E-state index is 0.427. The first-order chi connectivity index (χ1) is 7.72. The van der Waals surface area contributed by atoms with Crippen LogP contribution in [0.2, 0.25) is 5.02 Å². The Bertz CT molecular complexity index is 568. The van der Waals surface area contributed by atoms with Gasteiger partial charge in [0.15, 0.2) is 10.4 Å². The lowest BCUT2D eigenvalue weighted by molar-refractivity contribution is 0.411. The molecule has 16 heavy (non-hydrogen) atoms. The first-order valence-electron chi connectivity index (χ1n) is 4.60. The predicted octanol–water partition coefficient (Wildman–Crippen LogP) is 3.47. The highest BCUT2D eigenvalue weighted by atomic mass is 35.5. The van der Waals surface area contributed by atoms with Crippen molar-refractivity contribution in [3.05, 3.63) is 40.3 Å². The van der Waals surface area contributed by atoms with Gasteiger partial charge >= 0.3 is 0 Å². The highest BCUT2D eigenvalue weighted by Crippen LogP contribution is 2.29. The fraction of sp³-hybridized carbons (Fsp3) is 0.0909. The second-order valence-corrected chi connectivity index (χ2v) is 3.95. The number of halogens is 1. The third kappa shape index (κ3) is 2.08. The van der Waals surface area contributed by atoms with Gasteiger partial charge in [0.1, 0.15) is 0 Å². The smallest absolute Gasteiger partial charge is 0.179 e. The van der Waals surface area contributed by atoms with Gasteiger partial charge in [-0.1, -0.05) is 36.0 Å². The van der Waals surface area contributed by atoms with Gasteiger partial charge in [-0.2, -0.15) is 0 Å². The van der Waals surface area contributed by atoms with Crippen molar-refractivity contribution < 1.29 is 4.74 Å². The zero-order chi connectivity index (χ0) is 11.5. The average molecular weight is 253 g/mol. The average Bonchev–Trinajstić information content (AvgIpc) is 2.28. The number of nitrogens with one attached hydrogen (secondary N) is 1. The fourth-order valence-electron chi connectivity index (χ4n) is 1.43. The van der Waals surface area contributed by atoms with E-state index in [1.54, 1.807) is 13.4 Å². The molecule has 0 spiro atoms. The van der Waals surface area contributed by atoms with E-state index in [-0.39, 0.29) is 0 Å². The molecule has 0 aliphatic carbocycles. The monoisotopic (exact) mass is 252 g/mol. The van der Waals surface area contributed by atoms with Gasteiger partial charge in [-0.25, -0.2) is 4.98 Å². The number of aromatic nitrogens is 2. The Morgan fingerprint density at radius 3 is 2.94 bits per heavy atom. The van der Waals surface area contributed by atoms with Crippen molar-refractivity contribution in [2.24, 2.45) is 0 Å². The molecular formula is C11H9ClN2OS. The molecule has 1 aromatic heterocycles. The first-order valence-corrected chi connectivity index (χ1v) is 5.38. The summed E-state index contributed by atoms with van der Waals surface area (Å²) in [6.07, 6.45) is 1.54. The molecule has 82 valence electrons. The number of methoxy groups -OCH3 is 1. The fourth-order valence-corrected chi connectivity index (χ4v) is 1.86. The van der Waals surface area contributed by atoms with E-state index in [1.165, 1.54) is 0 Å². The molecule has 0 saturated heterocycles. The molecule has 1 heterocycles. The number of H-pyrrole nitrogens is 1. The van der Waals surface area contributed by atoms with Gasteiger partial charge < -0.3 is 9.72 Å². The van der Waals surface area contributed by atoms with Crippen molar-refractivity contribution >= 4 is 23.8 Å². The van der Waals surface area contributed by atoms with E-state index in [2.05, 4.69) is 9.97 Å². The third-order valence-electron chi connectivity index (χ3n) is 2.13. The van der Waals surface area contributed by atoms with Crippen molar-refractivity contribution in [3.8, 4) is 17.0 Å². The summed E-state index contributed by atoms with van der Waals surface area (Å²) in [5.41, 5.74) is 1.70. The summed E-state index contributed by atoms with van der Waals surface area (Å²) in [5.74, 6) is 0.555. The topological polar surface area (TPSA) is 37.9 Å². The Hall–Kier alpha value is -1.39. The molecule has 0 saturated carbocycles. The zero-order valence-corrected chi connectivity index (χ0v) is 10.1. The van der Waals surface area contributed by atoms with Crippen LogP contribution >= 0.6 is 23.8 Å². The van der Waals surface area contributed by atoms with Gasteiger partial charge in [-0.15, -0.1) is 0 Å². The van der Waals surface area contributed by atoms with E-state index in [0.717, 1.165) is 11.3 Å². The van der Waals surface area contributed by atoms with E-state index in [4.69, 9.17) is 28.6 Å². The number of ether oxygens (including phenoxy) is 1. The molecule has 0 fully saturated rings. The Labute approximate surface area is 103 Å². The Morgan fingerprint density at radius 1 is 1.44 bits per heavy atom. The summed E-state index contributed by atoms with van der Waals surface area (Å²) in [5, 5.41) is 0.663. The Balaban J connectivity index is 2.64.